The molecule has 0 radical (unpaired) electrons. The number of carboxylic acids is 1. The van der Waals surface area contributed by atoms with Crippen molar-refractivity contribution in [1.82, 2.24) is 0 Å². The molecule has 0 fully saturated rings. The zero-order chi connectivity index (χ0) is 16.0. The van der Waals surface area contributed by atoms with Gasteiger partial charge < -0.3 is 15.2 Å². The highest BCUT2D eigenvalue weighted by molar-refractivity contribution is 6.31. The topological polar surface area (TPSA) is 52.2 Å². The van der Waals surface area contributed by atoms with E-state index in [9.17, 15) is 9.90 Å². The van der Waals surface area contributed by atoms with Crippen LogP contribution in [-0.4, -0.2) is 5.97 Å². The summed E-state index contributed by atoms with van der Waals surface area (Å²) in [5.74, 6) is -0.606. The second-order valence-corrected chi connectivity index (χ2v) is 6.49. The van der Waals surface area contributed by atoms with E-state index in [1.165, 1.54) is 0 Å². The van der Waals surface area contributed by atoms with Crippen LogP contribution in [0, 0.1) is 5.92 Å². The van der Waals surface area contributed by atoms with Crippen molar-refractivity contribution in [2.75, 3.05) is 5.32 Å². The van der Waals surface area contributed by atoms with Gasteiger partial charge in [0.15, 0.2) is 0 Å². The lowest BCUT2D eigenvalue weighted by Crippen LogP contribution is -2.30. The first-order valence-corrected chi connectivity index (χ1v) is 8.06. The van der Waals surface area contributed by atoms with Gasteiger partial charge in [-0.05, 0) is 47.2 Å². The Morgan fingerprint density at radius 1 is 1.17 bits per heavy atom. The van der Waals surface area contributed by atoms with E-state index < -0.39 is 5.97 Å². The summed E-state index contributed by atoms with van der Waals surface area (Å²) in [4.78, 5) is 11.1. The Labute approximate surface area is 139 Å². The summed E-state index contributed by atoms with van der Waals surface area (Å²) in [7, 11) is 0. The quantitative estimate of drug-likeness (QED) is 0.860. The van der Waals surface area contributed by atoms with Crippen LogP contribution in [0.15, 0.2) is 54.6 Å². The number of carboxylic acid groups (broad SMARTS) is 1. The fourth-order valence-electron chi connectivity index (χ4n) is 3.76. The fraction of sp³-hybridized carbons (Fsp3) is 0.211. The maximum Gasteiger partial charge on any atom is 0.0715 e. The number of rotatable bonds is 2. The number of fused-ring (bicyclic) bond motifs is 3. The molecular formula is C19H15ClNO2-. The third kappa shape index (κ3) is 2.32. The lowest BCUT2D eigenvalue weighted by Gasteiger charge is -2.38. The Bertz CT molecular complexity index is 815. The number of aromatic carboxylic acids is 1. The van der Waals surface area contributed by atoms with Crippen molar-refractivity contribution in [2.24, 2.45) is 5.92 Å². The zero-order valence-electron chi connectivity index (χ0n) is 12.3. The predicted molar refractivity (Wildman–Crippen MR) is 88.6 cm³/mol. The monoisotopic (exact) mass is 324 g/mol. The molecule has 23 heavy (non-hydrogen) atoms. The lowest BCUT2D eigenvalue weighted by molar-refractivity contribution is -0.255. The summed E-state index contributed by atoms with van der Waals surface area (Å²) in [5.41, 5.74) is 3.30. The van der Waals surface area contributed by atoms with Gasteiger partial charge in [0.2, 0.25) is 0 Å². The molecule has 3 atom stereocenters. The summed E-state index contributed by atoms with van der Waals surface area (Å²) >= 11 is 6.40. The van der Waals surface area contributed by atoms with Crippen molar-refractivity contribution in [3.05, 3.63) is 76.3 Å². The highest BCUT2D eigenvalue weighted by Gasteiger charge is 2.38. The number of nitrogens with one attached hydrogen (secondary N) is 1. The van der Waals surface area contributed by atoms with E-state index in [1.807, 2.05) is 24.3 Å². The first-order chi connectivity index (χ1) is 11.1. The van der Waals surface area contributed by atoms with E-state index in [-0.39, 0.29) is 17.5 Å². The van der Waals surface area contributed by atoms with Crippen LogP contribution in [0.2, 0.25) is 5.02 Å². The van der Waals surface area contributed by atoms with Gasteiger partial charge in [-0.25, -0.2) is 0 Å². The zero-order valence-corrected chi connectivity index (χ0v) is 13.1. The standard InChI is InChI=1S/C19H16ClNO2/c20-16-7-2-1-4-14(16)18-13-6-3-5-12(13)15-10-11(19(22)23)8-9-17(15)21-18/h1-5,7-10,12-13,18,21H,6H2,(H,22,23)/p-1/t12-,13+,18-/m0/s1. The number of halogens is 1. The molecule has 2 aromatic carbocycles. The molecule has 1 N–H and O–H groups in total. The molecule has 2 aromatic rings. The van der Waals surface area contributed by atoms with Gasteiger partial charge in [0.1, 0.15) is 0 Å². The minimum Gasteiger partial charge on any atom is -0.545 e. The molecule has 4 rings (SSSR count). The molecule has 0 spiro atoms. The molecule has 0 saturated heterocycles. The highest BCUT2D eigenvalue weighted by Crippen LogP contribution is 2.50. The molecule has 1 aliphatic carbocycles. The smallest absolute Gasteiger partial charge is 0.0715 e. The van der Waals surface area contributed by atoms with Crippen LogP contribution in [0.25, 0.3) is 0 Å². The molecule has 0 bridgehead atoms. The number of anilines is 1. The third-order valence-electron chi connectivity index (χ3n) is 4.84. The van der Waals surface area contributed by atoms with Crippen LogP contribution < -0.4 is 10.4 Å². The Kier molecular flexibility index (Phi) is 3.38. The number of hydrogen-bond acceptors (Lipinski definition) is 3. The molecule has 116 valence electrons. The average Bonchev–Trinajstić information content (AvgIpc) is 3.04. The van der Waals surface area contributed by atoms with E-state index in [0.717, 1.165) is 28.3 Å². The van der Waals surface area contributed by atoms with Gasteiger partial charge in [0.05, 0.1) is 12.0 Å². The van der Waals surface area contributed by atoms with Gasteiger partial charge in [-0.1, -0.05) is 48.0 Å². The van der Waals surface area contributed by atoms with Gasteiger partial charge in [-0.2, -0.15) is 0 Å². The second kappa shape index (κ2) is 5.43. The van der Waals surface area contributed by atoms with E-state index in [0.29, 0.717) is 5.92 Å². The Balaban J connectivity index is 1.81. The van der Waals surface area contributed by atoms with Crippen LogP contribution in [0.4, 0.5) is 5.69 Å². The summed E-state index contributed by atoms with van der Waals surface area (Å²) in [6.07, 6.45) is 5.29. The summed E-state index contributed by atoms with van der Waals surface area (Å²) < 4.78 is 0. The molecule has 3 nitrogen and oxygen atoms in total. The third-order valence-corrected chi connectivity index (χ3v) is 5.18. The predicted octanol–water partition coefficient (Wildman–Crippen LogP) is 3.53. The van der Waals surface area contributed by atoms with Crippen LogP contribution in [0.1, 0.15) is 39.9 Å². The maximum absolute atomic E-state index is 11.1. The van der Waals surface area contributed by atoms with Crippen molar-refractivity contribution in [3.63, 3.8) is 0 Å². The Morgan fingerprint density at radius 3 is 2.78 bits per heavy atom. The van der Waals surface area contributed by atoms with E-state index >= 15 is 0 Å². The van der Waals surface area contributed by atoms with Gasteiger partial charge in [0.25, 0.3) is 0 Å². The normalized spacial score (nSPS) is 24.7. The fourth-order valence-corrected chi connectivity index (χ4v) is 4.01. The first-order valence-electron chi connectivity index (χ1n) is 7.68. The highest BCUT2D eigenvalue weighted by atomic mass is 35.5. The number of hydrogen-bond donors (Lipinski definition) is 1. The van der Waals surface area contributed by atoms with Gasteiger partial charge in [-0.15, -0.1) is 0 Å². The first kappa shape index (κ1) is 14.3. The van der Waals surface area contributed by atoms with E-state index in [2.05, 4.69) is 23.5 Å². The molecule has 0 amide bonds. The van der Waals surface area contributed by atoms with Crippen LogP contribution in [-0.2, 0) is 0 Å². The number of carbonyl (C=O) groups excluding carboxylic acids is 1. The van der Waals surface area contributed by atoms with E-state index in [1.54, 1.807) is 12.1 Å². The van der Waals surface area contributed by atoms with E-state index in [4.69, 9.17) is 11.6 Å². The minimum atomic E-state index is -1.14. The Hall–Kier alpha value is -2.26. The molecular weight excluding hydrogens is 310 g/mol. The van der Waals surface area contributed by atoms with Gasteiger partial charge in [-0.3, -0.25) is 0 Å². The van der Waals surface area contributed by atoms with Gasteiger partial charge in [0, 0.05) is 16.6 Å². The van der Waals surface area contributed by atoms with Crippen molar-refractivity contribution in [3.8, 4) is 0 Å². The van der Waals surface area contributed by atoms with Gasteiger partial charge >= 0.3 is 0 Å². The van der Waals surface area contributed by atoms with Crippen LogP contribution in [0.5, 0.6) is 0 Å². The van der Waals surface area contributed by atoms with Crippen LogP contribution in [0.3, 0.4) is 0 Å². The molecule has 4 heteroatoms. The SMILES string of the molecule is O=C([O-])c1ccc2c(c1)[C@H]1C=CC[C@H]1[C@@H](c1ccccc1Cl)N2. The molecule has 2 aliphatic rings. The largest absolute Gasteiger partial charge is 0.545 e. The average molecular weight is 325 g/mol. The van der Waals surface area contributed by atoms with Crippen molar-refractivity contribution in [1.29, 1.82) is 0 Å². The van der Waals surface area contributed by atoms with Crippen molar-refractivity contribution in [2.45, 2.75) is 18.4 Å². The minimum absolute atomic E-state index is 0.116. The molecule has 0 aromatic heterocycles. The lowest BCUT2D eigenvalue weighted by atomic mass is 9.76. The number of allylic oxidation sites excluding steroid dienone is 2. The maximum atomic E-state index is 11.1. The summed E-state index contributed by atoms with van der Waals surface area (Å²) in [6.45, 7) is 0. The summed E-state index contributed by atoms with van der Waals surface area (Å²) in [6, 6.07) is 13.1. The number of benzene rings is 2. The molecule has 0 saturated carbocycles. The van der Waals surface area contributed by atoms with Crippen molar-refractivity contribution < 1.29 is 9.90 Å². The summed E-state index contributed by atoms with van der Waals surface area (Å²) in [5, 5.41) is 15.5. The molecule has 1 heterocycles. The Morgan fingerprint density at radius 2 is 2.00 bits per heavy atom. The van der Waals surface area contributed by atoms with Crippen LogP contribution >= 0.6 is 11.6 Å². The molecule has 1 aliphatic heterocycles. The van der Waals surface area contributed by atoms with Crippen molar-refractivity contribution >= 4 is 23.3 Å². The number of carbonyl (C=O) groups is 1. The second-order valence-electron chi connectivity index (χ2n) is 6.09. The molecule has 0 unspecified atom stereocenters.